The van der Waals surface area contributed by atoms with Gasteiger partial charge in [0.05, 0.1) is 5.92 Å². The summed E-state index contributed by atoms with van der Waals surface area (Å²) in [5.41, 5.74) is 6.62. The topological polar surface area (TPSA) is 84.1 Å². The van der Waals surface area contributed by atoms with Gasteiger partial charge in [-0.15, -0.1) is 0 Å². The van der Waals surface area contributed by atoms with Gasteiger partial charge in [0.25, 0.3) is 0 Å². The standard InChI is InChI=1S/C15H25N5O/c1-4-5-12-14(17-3)18-9-19-15(12)20-8-11(13(16)21)7-6-10(20)2/h9-11H,4-8H2,1-3H3,(H2,16,21)(H,17,18,19). The number of hydrogen-bond donors (Lipinski definition) is 2. The van der Waals surface area contributed by atoms with Crippen molar-refractivity contribution in [2.45, 2.75) is 45.6 Å². The quantitative estimate of drug-likeness (QED) is 0.860. The number of primary amides is 1. The van der Waals surface area contributed by atoms with Crippen LogP contribution in [0.1, 0.15) is 38.7 Å². The molecule has 6 heteroatoms. The van der Waals surface area contributed by atoms with Gasteiger partial charge in [-0.05, 0) is 26.2 Å². The second-order valence-corrected chi connectivity index (χ2v) is 5.70. The average molecular weight is 291 g/mol. The highest BCUT2D eigenvalue weighted by molar-refractivity contribution is 5.77. The molecule has 0 radical (unpaired) electrons. The molecule has 116 valence electrons. The monoisotopic (exact) mass is 291 g/mol. The second kappa shape index (κ2) is 6.74. The van der Waals surface area contributed by atoms with E-state index in [1.54, 1.807) is 6.33 Å². The number of carbonyl (C=O) groups is 1. The van der Waals surface area contributed by atoms with Crippen molar-refractivity contribution < 1.29 is 4.79 Å². The van der Waals surface area contributed by atoms with E-state index in [1.807, 2.05) is 7.05 Å². The molecule has 2 atom stereocenters. The Morgan fingerprint density at radius 1 is 1.48 bits per heavy atom. The Hall–Kier alpha value is -1.85. The molecule has 1 aromatic heterocycles. The molecule has 6 nitrogen and oxygen atoms in total. The number of aromatic nitrogens is 2. The SMILES string of the molecule is CCCc1c(NC)ncnc1N1CC(C(N)=O)CCC1C. The van der Waals surface area contributed by atoms with Crippen LogP contribution in [-0.2, 0) is 11.2 Å². The summed E-state index contributed by atoms with van der Waals surface area (Å²) in [5, 5.41) is 3.14. The molecular formula is C15H25N5O. The van der Waals surface area contributed by atoms with Crippen LogP contribution < -0.4 is 16.0 Å². The molecule has 1 aliphatic rings. The van der Waals surface area contributed by atoms with Gasteiger partial charge in [0.2, 0.25) is 5.91 Å². The maximum absolute atomic E-state index is 11.5. The molecule has 1 amide bonds. The van der Waals surface area contributed by atoms with Crippen molar-refractivity contribution in [3.05, 3.63) is 11.9 Å². The Morgan fingerprint density at radius 2 is 2.24 bits per heavy atom. The van der Waals surface area contributed by atoms with Crippen LogP contribution in [0.5, 0.6) is 0 Å². The number of rotatable bonds is 5. The highest BCUT2D eigenvalue weighted by Gasteiger charge is 2.31. The van der Waals surface area contributed by atoms with Crippen molar-refractivity contribution in [3.63, 3.8) is 0 Å². The predicted octanol–water partition coefficient (Wildman–Crippen LogP) is 1.56. The molecular weight excluding hydrogens is 266 g/mol. The lowest BCUT2D eigenvalue weighted by Gasteiger charge is -2.38. The Balaban J connectivity index is 2.36. The number of hydrogen-bond acceptors (Lipinski definition) is 5. The maximum atomic E-state index is 11.5. The molecule has 0 aliphatic carbocycles. The van der Waals surface area contributed by atoms with E-state index in [0.29, 0.717) is 12.6 Å². The number of piperidine rings is 1. The first kappa shape index (κ1) is 15.5. The molecule has 2 rings (SSSR count). The molecule has 2 heterocycles. The number of anilines is 2. The normalized spacial score (nSPS) is 22.1. The van der Waals surface area contributed by atoms with Crippen LogP contribution in [0.15, 0.2) is 6.33 Å². The highest BCUT2D eigenvalue weighted by atomic mass is 16.1. The fraction of sp³-hybridized carbons (Fsp3) is 0.667. The third kappa shape index (κ3) is 3.25. The minimum absolute atomic E-state index is 0.0938. The van der Waals surface area contributed by atoms with E-state index in [2.05, 4.69) is 34.0 Å². The zero-order valence-corrected chi connectivity index (χ0v) is 13.1. The lowest BCUT2D eigenvalue weighted by molar-refractivity contribution is -0.122. The average Bonchev–Trinajstić information content (AvgIpc) is 2.48. The zero-order chi connectivity index (χ0) is 15.4. The molecule has 1 aliphatic heterocycles. The van der Waals surface area contributed by atoms with Crippen molar-refractivity contribution in [1.29, 1.82) is 0 Å². The van der Waals surface area contributed by atoms with Crippen molar-refractivity contribution in [2.75, 3.05) is 23.8 Å². The van der Waals surface area contributed by atoms with E-state index in [0.717, 1.165) is 42.9 Å². The molecule has 2 unspecified atom stereocenters. The fourth-order valence-corrected chi connectivity index (χ4v) is 2.98. The second-order valence-electron chi connectivity index (χ2n) is 5.70. The maximum Gasteiger partial charge on any atom is 0.222 e. The first-order valence-electron chi connectivity index (χ1n) is 7.66. The van der Waals surface area contributed by atoms with E-state index in [4.69, 9.17) is 5.73 Å². The van der Waals surface area contributed by atoms with Crippen LogP contribution in [-0.4, -0.2) is 35.5 Å². The van der Waals surface area contributed by atoms with Crippen molar-refractivity contribution in [2.24, 2.45) is 11.7 Å². The van der Waals surface area contributed by atoms with Gasteiger partial charge in [0, 0.05) is 25.2 Å². The molecule has 1 aromatic rings. The van der Waals surface area contributed by atoms with Crippen LogP contribution in [0.2, 0.25) is 0 Å². The van der Waals surface area contributed by atoms with E-state index < -0.39 is 0 Å². The number of nitrogens with two attached hydrogens (primary N) is 1. The van der Waals surface area contributed by atoms with E-state index in [1.165, 1.54) is 0 Å². The summed E-state index contributed by atoms with van der Waals surface area (Å²) in [4.78, 5) is 22.5. The molecule has 0 bridgehead atoms. The summed E-state index contributed by atoms with van der Waals surface area (Å²) in [6, 6.07) is 0.357. The van der Waals surface area contributed by atoms with Crippen molar-refractivity contribution in [1.82, 2.24) is 9.97 Å². The van der Waals surface area contributed by atoms with Crippen LogP contribution in [0.25, 0.3) is 0 Å². The summed E-state index contributed by atoms with van der Waals surface area (Å²) in [6.45, 7) is 4.96. The number of carbonyl (C=O) groups excluding carboxylic acids is 1. The predicted molar refractivity (Wildman–Crippen MR) is 84.3 cm³/mol. The van der Waals surface area contributed by atoms with Gasteiger partial charge >= 0.3 is 0 Å². The summed E-state index contributed by atoms with van der Waals surface area (Å²) < 4.78 is 0. The van der Waals surface area contributed by atoms with Crippen molar-refractivity contribution in [3.8, 4) is 0 Å². The van der Waals surface area contributed by atoms with Gasteiger partial charge < -0.3 is 16.0 Å². The minimum Gasteiger partial charge on any atom is -0.373 e. The van der Waals surface area contributed by atoms with E-state index in [-0.39, 0.29) is 11.8 Å². The Labute approximate surface area is 126 Å². The van der Waals surface area contributed by atoms with Gasteiger partial charge in [-0.1, -0.05) is 13.3 Å². The Bertz CT molecular complexity index is 505. The van der Waals surface area contributed by atoms with Crippen LogP contribution in [0.3, 0.4) is 0 Å². The van der Waals surface area contributed by atoms with E-state index >= 15 is 0 Å². The lowest BCUT2D eigenvalue weighted by atomic mass is 9.92. The molecule has 3 N–H and O–H groups in total. The zero-order valence-electron chi connectivity index (χ0n) is 13.1. The van der Waals surface area contributed by atoms with Gasteiger partial charge in [0.1, 0.15) is 18.0 Å². The summed E-state index contributed by atoms with van der Waals surface area (Å²) in [6.07, 6.45) is 5.34. The third-order valence-electron chi connectivity index (χ3n) is 4.22. The summed E-state index contributed by atoms with van der Waals surface area (Å²) in [5.74, 6) is 1.50. The minimum atomic E-state index is -0.216. The number of nitrogens with zero attached hydrogens (tertiary/aromatic N) is 3. The van der Waals surface area contributed by atoms with Crippen LogP contribution in [0, 0.1) is 5.92 Å². The molecule has 1 saturated heterocycles. The molecule has 0 aromatic carbocycles. The fourth-order valence-electron chi connectivity index (χ4n) is 2.98. The van der Waals surface area contributed by atoms with Gasteiger partial charge in [-0.25, -0.2) is 9.97 Å². The molecule has 0 spiro atoms. The summed E-state index contributed by atoms with van der Waals surface area (Å²) >= 11 is 0. The molecule has 21 heavy (non-hydrogen) atoms. The first-order valence-corrected chi connectivity index (χ1v) is 7.66. The third-order valence-corrected chi connectivity index (χ3v) is 4.22. The van der Waals surface area contributed by atoms with Gasteiger partial charge in [-0.3, -0.25) is 4.79 Å². The smallest absolute Gasteiger partial charge is 0.222 e. The first-order chi connectivity index (χ1) is 10.1. The van der Waals surface area contributed by atoms with Crippen LogP contribution in [0.4, 0.5) is 11.6 Å². The molecule has 1 fully saturated rings. The van der Waals surface area contributed by atoms with Gasteiger partial charge in [0.15, 0.2) is 0 Å². The van der Waals surface area contributed by atoms with Gasteiger partial charge in [-0.2, -0.15) is 0 Å². The summed E-state index contributed by atoms with van der Waals surface area (Å²) in [7, 11) is 1.87. The van der Waals surface area contributed by atoms with E-state index in [9.17, 15) is 4.79 Å². The largest absolute Gasteiger partial charge is 0.373 e. The van der Waals surface area contributed by atoms with Crippen LogP contribution >= 0.6 is 0 Å². The number of amides is 1. The lowest BCUT2D eigenvalue weighted by Crippen LogP contribution is -2.46. The van der Waals surface area contributed by atoms with Crippen molar-refractivity contribution >= 4 is 17.5 Å². The molecule has 0 saturated carbocycles. The highest BCUT2D eigenvalue weighted by Crippen LogP contribution is 2.31. The Morgan fingerprint density at radius 3 is 2.86 bits per heavy atom. The Kier molecular flexibility index (Phi) is 4.98. The number of nitrogens with one attached hydrogen (secondary N) is 1.